The van der Waals surface area contributed by atoms with E-state index in [-0.39, 0.29) is 5.82 Å². The molecule has 92 valence electrons. The van der Waals surface area contributed by atoms with E-state index in [1.54, 1.807) is 0 Å². The summed E-state index contributed by atoms with van der Waals surface area (Å²) >= 11 is 0. The lowest BCUT2D eigenvalue weighted by molar-refractivity contribution is 0.225. The van der Waals surface area contributed by atoms with E-state index in [2.05, 4.69) is 14.9 Å². The molecular weight excluding hydrogens is 217 g/mol. The van der Waals surface area contributed by atoms with Gasteiger partial charge in [0.15, 0.2) is 5.82 Å². The van der Waals surface area contributed by atoms with Crippen molar-refractivity contribution in [2.24, 2.45) is 5.41 Å². The molecule has 17 heavy (non-hydrogen) atoms. The molecule has 0 atom stereocenters. The number of hydrogen-bond donors (Lipinski definition) is 0. The number of piperidine rings is 1. The van der Waals surface area contributed by atoms with E-state index in [0.29, 0.717) is 11.4 Å². The summed E-state index contributed by atoms with van der Waals surface area (Å²) in [5.74, 6) is 0.317. The van der Waals surface area contributed by atoms with Crippen LogP contribution < -0.4 is 4.90 Å². The first kappa shape index (κ1) is 10.9. The number of anilines is 1. The molecule has 1 saturated heterocycles. The van der Waals surface area contributed by atoms with Crippen molar-refractivity contribution in [3.63, 3.8) is 0 Å². The highest BCUT2D eigenvalue weighted by Crippen LogP contribution is 2.46. The van der Waals surface area contributed by atoms with E-state index in [4.69, 9.17) is 0 Å². The average molecular weight is 235 g/mol. The Hall–Kier alpha value is -1.19. The molecule has 1 aliphatic heterocycles. The fraction of sp³-hybridized carbons (Fsp3) is 0.692. The molecule has 0 radical (unpaired) electrons. The standard InChI is InChI=1S/C13H18FN3/c14-11-9-15-12(16-10-11)17-7-5-13(6-8-17)3-1-2-4-13/h9-10H,1-8H2. The van der Waals surface area contributed by atoms with Gasteiger partial charge < -0.3 is 4.90 Å². The Morgan fingerprint density at radius 1 is 1.00 bits per heavy atom. The number of halogens is 1. The normalized spacial score (nSPS) is 23.2. The zero-order valence-corrected chi connectivity index (χ0v) is 10.0. The largest absolute Gasteiger partial charge is 0.341 e. The first-order chi connectivity index (χ1) is 8.27. The molecule has 2 aliphatic rings. The fourth-order valence-electron chi connectivity index (χ4n) is 3.27. The predicted molar refractivity (Wildman–Crippen MR) is 64.3 cm³/mol. The Balaban J connectivity index is 1.66. The Kier molecular flexibility index (Phi) is 2.73. The molecule has 1 saturated carbocycles. The Bertz CT molecular complexity index is 374. The van der Waals surface area contributed by atoms with E-state index in [9.17, 15) is 4.39 Å². The van der Waals surface area contributed by atoms with Crippen LogP contribution in [0, 0.1) is 11.2 Å². The second-order valence-electron chi connectivity index (χ2n) is 5.40. The van der Waals surface area contributed by atoms with Gasteiger partial charge in [-0.25, -0.2) is 14.4 Å². The molecule has 2 heterocycles. The van der Waals surface area contributed by atoms with Gasteiger partial charge in [0.25, 0.3) is 0 Å². The first-order valence-corrected chi connectivity index (χ1v) is 6.50. The van der Waals surface area contributed by atoms with Gasteiger partial charge in [-0.2, -0.15) is 0 Å². The summed E-state index contributed by atoms with van der Waals surface area (Å²) in [4.78, 5) is 10.3. The summed E-state index contributed by atoms with van der Waals surface area (Å²) < 4.78 is 12.8. The molecule has 1 aromatic heterocycles. The number of aromatic nitrogens is 2. The average Bonchev–Trinajstić information content (AvgIpc) is 2.80. The van der Waals surface area contributed by atoms with Gasteiger partial charge in [-0.1, -0.05) is 12.8 Å². The summed E-state index contributed by atoms with van der Waals surface area (Å²) in [6.07, 6.45) is 10.6. The maximum absolute atomic E-state index is 12.8. The lowest BCUT2D eigenvalue weighted by Crippen LogP contribution is -2.39. The van der Waals surface area contributed by atoms with Gasteiger partial charge >= 0.3 is 0 Å². The molecule has 1 aromatic rings. The van der Waals surface area contributed by atoms with Crippen molar-refractivity contribution in [3.8, 4) is 0 Å². The van der Waals surface area contributed by atoms with Gasteiger partial charge in [0.1, 0.15) is 0 Å². The Labute approximate surface area is 101 Å². The van der Waals surface area contributed by atoms with Gasteiger partial charge in [0, 0.05) is 13.1 Å². The first-order valence-electron chi connectivity index (χ1n) is 6.50. The maximum Gasteiger partial charge on any atom is 0.225 e. The minimum absolute atomic E-state index is 0.363. The summed E-state index contributed by atoms with van der Waals surface area (Å²) in [5, 5.41) is 0. The van der Waals surface area contributed by atoms with Crippen LogP contribution in [0.15, 0.2) is 12.4 Å². The molecule has 0 unspecified atom stereocenters. The van der Waals surface area contributed by atoms with Gasteiger partial charge in [-0.3, -0.25) is 0 Å². The Morgan fingerprint density at radius 2 is 1.59 bits per heavy atom. The maximum atomic E-state index is 12.8. The SMILES string of the molecule is Fc1cnc(N2CCC3(CCCC3)CC2)nc1. The van der Waals surface area contributed by atoms with Crippen molar-refractivity contribution in [2.75, 3.05) is 18.0 Å². The highest BCUT2D eigenvalue weighted by molar-refractivity contribution is 5.29. The van der Waals surface area contributed by atoms with Crippen molar-refractivity contribution in [1.82, 2.24) is 9.97 Å². The van der Waals surface area contributed by atoms with Gasteiger partial charge in [0.05, 0.1) is 12.4 Å². The summed E-state index contributed by atoms with van der Waals surface area (Å²) in [5.41, 5.74) is 0.608. The third-order valence-corrected chi connectivity index (χ3v) is 4.38. The summed E-state index contributed by atoms with van der Waals surface area (Å²) in [6, 6.07) is 0. The lowest BCUT2D eigenvalue weighted by atomic mass is 9.77. The topological polar surface area (TPSA) is 29.0 Å². The van der Waals surface area contributed by atoms with Crippen LogP contribution in [0.1, 0.15) is 38.5 Å². The molecule has 2 fully saturated rings. The van der Waals surface area contributed by atoms with Gasteiger partial charge in [-0.05, 0) is 31.1 Å². The molecule has 4 heteroatoms. The third-order valence-electron chi connectivity index (χ3n) is 4.38. The predicted octanol–water partition coefficient (Wildman–Crippen LogP) is 2.78. The van der Waals surface area contributed by atoms with E-state index < -0.39 is 0 Å². The second-order valence-corrected chi connectivity index (χ2v) is 5.40. The molecule has 0 aromatic carbocycles. The minimum Gasteiger partial charge on any atom is -0.341 e. The molecule has 1 aliphatic carbocycles. The molecule has 3 rings (SSSR count). The van der Waals surface area contributed by atoms with Crippen LogP contribution in [0.4, 0.5) is 10.3 Å². The minimum atomic E-state index is -0.363. The second kappa shape index (κ2) is 4.24. The van der Waals surface area contributed by atoms with Crippen LogP contribution in [0.25, 0.3) is 0 Å². The lowest BCUT2D eigenvalue weighted by Gasteiger charge is -2.39. The zero-order valence-electron chi connectivity index (χ0n) is 10.0. The van der Waals surface area contributed by atoms with E-state index >= 15 is 0 Å². The third kappa shape index (κ3) is 2.13. The quantitative estimate of drug-likeness (QED) is 0.749. The highest BCUT2D eigenvalue weighted by atomic mass is 19.1. The number of hydrogen-bond acceptors (Lipinski definition) is 3. The number of nitrogens with zero attached hydrogens (tertiary/aromatic N) is 3. The van der Waals surface area contributed by atoms with Gasteiger partial charge in [-0.15, -0.1) is 0 Å². The molecule has 0 bridgehead atoms. The molecule has 3 nitrogen and oxygen atoms in total. The Morgan fingerprint density at radius 3 is 2.18 bits per heavy atom. The molecule has 0 amide bonds. The molecule has 1 spiro atoms. The monoisotopic (exact) mass is 235 g/mol. The van der Waals surface area contributed by atoms with Crippen LogP contribution in [0.2, 0.25) is 0 Å². The van der Waals surface area contributed by atoms with Gasteiger partial charge in [0.2, 0.25) is 5.95 Å². The fourth-order valence-corrected chi connectivity index (χ4v) is 3.27. The van der Waals surface area contributed by atoms with Crippen molar-refractivity contribution in [2.45, 2.75) is 38.5 Å². The molecular formula is C13H18FN3. The van der Waals surface area contributed by atoms with Crippen LogP contribution in [0.5, 0.6) is 0 Å². The smallest absolute Gasteiger partial charge is 0.225 e. The van der Waals surface area contributed by atoms with Crippen molar-refractivity contribution in [1.29, 1.82) is 0 Å². The number of rotatable bonds is 1. The van der Waals surface area contributed by atoms with Crippen molar-refractivity contribution >= 4 is 5.95 Å². The van der Waals surface area contributed by atoms with E-state index in [1.807, 2.05) is 0 Å². The van der Waals surface area contributed by atoms with Crippen LogP contribution in [-0.2, 0) is 0 Å². The zero-order chi connectivity index (χ0) is 11.7. The molecule has 0 N–H and O–H groups in total. The highest BCUT2D eigenvalue weighted by Gasteiger charge is 2.37. The van der Waals surface area contributed by atoms with Crippen molar-refractivity contribution < 1.29 is 4.39 Å². The van der Waals surface area contributed by atoms with E-state index in [1.165, 1.54) is 50.9 Å². The summed E-state index contributed by atoms with van der Waals surface area (Å²) in [7, 11) is 0. The van der Waals surface area contributed by atoms with Crippen LogP contribution in [-0.4, -0.2) is 23.1 Å². The van der Waals surface area contributed by atoms with Crippen LogP contribution in [0.3, 0.4) is 0 Å². The van der Waals surface area contributed by atoms with Crippen molar-refractivity contribution in [3.05, 3.63) is 18.2 Å². The van der Waals surface area contributed by atoms with E-state index in [0.717, 1.165) is 13.1 Å². The van der Waals surface area contributed by atoms with Crippen LogP contribution >= 0.6 is 0 Å². The summed E-state index contributed by atoms with van der Waals surface area (Å²) in [6.45, 7) is 2.04.